The number of ether oxygens (including phenoxy) is 2. The molecule has 2 fully saturated rings. The van der Waals surface area contributed by atoms with E-state index in [4.69, 9.17) is 9.47 Å². The van der Waals surface area contributed by atoms with Crippen LogP contribution >= 0.6 is 0 Å². The van der Waals surface area contributed by atoms with Crippen molar-refractivity contribution >= 4 is 29.8 Å². The molecule has 1 heterocycles. The van der Waals surface area contributed by atoms with Gasteiger partial charge in [-0.2, -0.15) is 0 Å². The van der Waals surface area contributed by atoms with Crippen molar-refractivity contribution < 1.29 is 38.6 Å². The van der Waals surface area contributed by atoms with E-state index in [1.165, 1.54) is 0 Å². The van der Waals surface area contributed by atoms with Crippen molar-refractivity contribution in [3.63, 3.8) is 0 Å². The van der Waals surface area contributed by atoms with Crippen LogP contribution in [0.1, 0.15) is 84.1 Å². The maximum absolute atomic E-state index is 13.7. The Morgan fingerprint density at radius 3 is 2.43 bits per heavy atom. The molecule has 1 saturated heterocycles. The van der Waals surface area contributed by atoms with Crippen LogP contribution in [-0.4, -0.2) is 77.9 Å². The third-order valence-electron chi connectivity index (χ3n) is 7.73. The lowest BCUT2D eigenvalue weighted by atomic mass is 9.83. The molecule has 5 N–H and O–H groups in total. The third-order valence-corrected chi connectivity index (χ3v) is 7.73. The molecule has 44 heavy (non-hydrogen) atoms. The number of benzene rings is 1. The van der Waals surface area contributed by atoms with Gasteiger partial charge in [0.15, 0.2) is 6.10 Å². The first-order valence-corrected chi connectivity index (χ1v) is 15.7. The van der Waals surface area contributed by atoms with Gasteiger partial charge in [-0.3, -0.25) is 14.4 Å². The highest BCUT2D eigenvalue weighted by Crippen LogP contribution is 2.28. The van der Waals surface area contributed by atoms with Crippen LogP contribution in [0, 0.1) is 5.92 Å². The minimum absolute atomic E-state index is 0.0202. The lowest BCUT2D eigenvalue weighted by molar-refractivity contribution is -0.156. The van der Waals surface area contributed by atoms with Crippen molar-refractivity contribution in [1.82, 2.24) is 21.3 Å². The molecule has 3 rings (SSSR count). The molecular formula is C32H48N4O8. The average molecular weight is 617 g/mol. The molecule has 4 atom stereocenters. The van der Waals surface area contributed by atoms with Crippen LogP contribution in [0.5, 0.6) is 0 Å². The van der Waals surface area contributed by atoms with Crippen LogP contribution in [-0.2, 0) is 35.1 Å². The lowest BCUT2D eigenvalue weighted by Gasteiger charge is -2.31. The van der Waals surface area contributed by atoms with Crippen molar-refractivity contribution in [2.75, 3.05) is 13.2 Å². The first kappa shape index (κ1) is 34.8. The first-order valence-electron chi connectivity index (χ1n) is 15.7. The first-order chi connectivity index (χ1) is 20.9. The van der Waals surface area contributed by atoms with Gasteiger partial charge in [0.25, 0.3) is 0 Å². The molecule has 2 unspecified atom stereocenters. The Bertz CT molecular complexity index is 1120. The predicted octanol–water partition coefficient (Wildman–Crippen LogP) is 2.27. The molecule has 1 saturated carbocycles. The summed E-state index contributed by atoms with van der Waals surface area (Å²) in [5.41, 5.74) is -0.0290. The van der Waals surface area contributed by atoms with Gasteiger partial charge in [-0.15, -0.1) is 0 Å². The van der Waals surface area contributed by atoms with E-state index in [0.717, 1.165) is 37.7 Å². The SMILES string of the molecule is CC(C)(C)OC(=O)N[C@@H](Cc1ccccc1)C(=O)NC1CCC(=O)NCCCOC(=O)[C@H](O)C(CC2CCCCC2)NC1=O. The summed E-state index contributed by atoms with van der Waals surface area (Å²) in [6, 6.07) is 5.85. The zero-order valence-electron chi connectivity index (χ0n) is 26.1. The minimum Gasteiger partial charge on any atom is -0.464 e. The number of amides is 4. The number of esters is 1. The van der Waals surface area contributed by atoms with E-state index >= 15 is 0 Å². The van der Waals surface area contributed by atoms with E-state index in [-0.39, 0.29) is 44.2 Å². The number of aliphatic hydroxyl groups excluding tert-OH is 1. The van der Waals surface area contributed by atoms with Crippen LogP contribution in [0.3, 0.4) is 0 Å². The summed E-state index contributed by atoms with van der Waals surface area (Å²) < 4.78 is 10.6. The number of cyclic esters (lactones) is 1. The van der Waals surface area contributed by atoms with Gasteiger partial charge in [0, 0.05) is 19.4 Å². The number of hydrogen-bond acceptors (Lipinski definition) is 8. The topological polar surface area (TPSA) is 172 Å². The van der Waals surface area contributed by atoms with Crippen molar-refractivity contribution in [2.45, 2.75) is 115 Å². The Kier molecular flexibility index (Phi) is 13.4. The standard InChI is InChI=1S/C32H48N4O8/c1-32(2,3)44-31(42)36-25(20-22-13-8-5-9-14-22)29(40)34-23-15-16-26(37)33-17-10-18-43-30(41)27(38)24(35-28(23)39)19-21-11-6-4-7-12-21/h5,8-9,13-14,21,23-25,27,38H,4,6-7,10-12,15-20H2,1-3H3,(H,33,37)(H,34,40)(H,35,39)(H,36,42)/t23?,24?,25-,27+/m0/s1. The molecule has 12 heteroatoms. The summed E-state index contributed by atoms with van der Waals surface area (Å²) in [5, 5.41) is 21.7. The van der Waals surface area contributed by atoms with Crippen molar-refractivity contribution in [1.29, 1.82) is 0 Å². The van der Waals surface area contributed by atoms with Gasteiger partial charge in [-0.1, -0.05) is 62.4 Å². The molecule has 12 nitrogen and oxygen atoms in total. The maximum atomic E-state index is 13.7. The quantitative estimate of drug-likeness (QED) is 0.290. The fourth-order valence-electron chi connectivity index (χ4n) is 5.47. The zero-order valence-corrected chi connectivity index (χ0v) is 26.1. The van der Waals surface area contributed by atoms with E-state index in [1.807, 2.05) is 30.3 Å². The number of carbonyl (C=O) groups is 5. The van der Waals surface area contributed by atoms with Gasteiger partial charge in [0.05, 0.1) is 12.6 Å². The van der Waals surface area contributed by atoms with Crippen LogP contribution in [0.15, 0.2) is 30.3 Å². The minimum atomic E-state index is -1.59. The molecular weight excluding hydrogens is 568 g/mol. The van der Waals surface area contributed by atoms with Crippen LogP contribution < -0.4 is 21.3 Å². The van der Waals surface area contributed by atoms with Gasteiger partial charge in [0.2, 0.25) is 17.7 Å². The smallest absolute Gasteiger partial charge is 0.408 e. The predicted molar refractivity (Wildman–Crippen MR) is 162 cm³/mol. The average Bonchev–Trinajstić information content (AvgIpc) is 2.97. The van der Waals surface area contributed by atoms with Crippen molar-refractivity contribution in [2.24, 2.45) is 5.92 Å². The Hall–Kier alpha value is -3.67. The van der Waals surface area contributed by atoms with Crippen LogP contribution in [0.4, 0.5) is 4.79 Å². The molecule has 0 radical (unpaired) electrons. The van der Waals surface area contributed by atoms with Gasteiger partial charge < -0.3 is 35.8 Å². The van der Waals surface area contributed by atoms with Gasteiger partial charge in [-0.05, 0) is 51.5 Å². The summed E-state index contributed by atoms with van der Waals surface area (Å²) in [6.07, 6.45) is 3.42. The van der Waals surface area contributed by atoms with Gasteiger partial charge >= 0.3 is 12.1 Å². The van der Waals surface area contributed by atoms with E-state index in [0.29, 0.717) is 12.8 Å². The Balaban J connectivity index is 1.83. The summed E-state index contributed by atoms with van der Waals surface area (Å²) in [5.74, 6) is -2.26. The highest BCUT2D eigenvalue weighted by atomic mass is 16.6. The molecule has 1 aromatic rings. The normalized spacial score (nSPS) is 23.6. The fraction of sp³-hybridized carbons (Fsp3) is 0.656. The Morgan fingerprint density at radius 2 is 1.75 bits per heavy atom. The number of hydrogen-bond donors (Lipinski definition) is 5. The molecule has 1 aliphatic heterocycles. The van der Waals surface area contributed by atoms with Gasteiger partial charge in [0.1, 0.15) is 17.7 Å². The summed E-state index contributed by atoms with van der Waals surface area (Å²) >= 11 is 0. The largest absolute Gasteiger partial charge is 0.464 e. The third kappa shape index (κ3) is 12.1. The molecule has 0 aromatic heterocycles. The second kappa shape index (κ2) is 17.0. The Morgan fingerprint density at radius 1 is 1.05 bits per heavy atom. The second-order valence-electron chi connectivity index (χ2n) is 12.7. The van der Waals surface area contributed by atoms with E-state index in [1.54, 1.807) is 20.8 Å². The summed E-state index contributed by atoms with van der Waals surface area (Å²) in [7, 11) is 0. The number of nitrogens with one attached hydrogen (secondary N) is 4. The van der Waals surface area contributed by atoms with Gasteiger partial charge in [-0.25, -0.2) is 9.59 Å². The Labute approximate surface area is 259 Å². The molecule has 244 valence electrons. The van der Waals surface area contributed by atoms with Crippen LogP contribution in [0.25, 0.3) is 0 Å². The van der Waals surface area contributed by atoms with E-state index in [2.05, 4.69) is 21.3 Å². The van der Waals surface area contributed by atoms with Crippen molar-refractivity contribution in [3.05, 3.63) is 35.9 Å². The lowest BCUT2D eigenvalue weighted by Crippen LogP contribution is -2.58. The second-order valence-corrected chi connectivity index (χ2v) is 12.7. The van der Waals surface area contributed by atoms with E-state index in [9.17, 15) is 29.1 Å². The number of alkyl carbamates (subject to hydrolysis) is 1. The highest BCUT2D eigenvalue weighted by Gasteiger charge is 2.35. The summed E-state index contributed by atoms with van der Waals surface area (Å²) in [4.78, 5) is 65.2. The number of carbonyl (C=O) groups excluding carboxylic acids is 5. The van der Waals surface area contributed by atoms with Crippen molar-refractivity contribution in [3.8, 4) is 0 Å². The van der Waals surface area contributed by atoms with E-state index < -0.39 is 53.7 Å². The summed E-state index contributed by atoms with van der Waals surface area (Å²) in [6.45, 7) is 5.38. The number of aliphatic hydroxyl groups is 1. The molecule has 0 bridgehead atoms. The molecule has 2 aliphatic rings. The molecule has 1 aliphatic carbocycles. The molecule has 1 aromatic carbocycles. The fourth-order valence-corrected chi connectivity index (χ4v) is 5.47. The monoisotopic (exact) mass is 616 g/mol. The maximum Gasteiger partial charge on any atom is 0.408 e. The molecule has 4 amide bonds. The van der Waals surface area contributed by atoms with Crippen LogP contribution in [0.2, 0.25) is 0 Å². The zero-order chi connectivity index (χ0) is 32.1. The molecule has 0 spiro atoms. The highest BCUT2D eigenvalue weighted by molar-refractivity contribution is 5.92. The number of rotatable bonds is 7.